The second-order valence-corrected chi connectivity index (χ2v) is 35.2. The Morgan fingerprint density at radius 3 is 1.52 bits per heavy atom. The molecular weight excluding hydrogens is 913 g/mol. The van der Waals surface area contributed by atoms with Crippen LogP contribution in [0.1, 0.15) is 84.8 Å². The first-order chi connectivity index (χ1) is 33.0. The molecule has 4 aromatic rings. The lowest BCUT2D eigenvalue weighted by Crippen LogP contribution is -2.68. The Bertz CT molecular complexity index is 1980. The van der Waals surface area contributed by atoms with Crippen LogP contribution in [-0.2, 0) is 45.8 Å². The zero-order valence-corrected chi connectivity index (χ0v) is 47.1. The Labute approximate surface area is 419 Å². The van der Waals surface area contributed by atoms with Crippen LogP contribution in [-0.4, -0.2) is 89.1 Å². The average Bonchev–Trinajstić information content (AvgIpc) is 3.34. The molecule has 4 atom stereocenters. The topological polar surface area (TPSA) is 90.9 Å². The third-order valence-corrected chi connectivity index (χ3v) is 24.8. The van der Waals surface area contributed by atoms with Gasteiger partial charge in [-0.2, -0.15) is 0 Å². The van der Waals surface area contributed by atoms with Crippen molar-refractivity contribution in [3.05, 3.63) is 133 Å². The van der Waals surface area contributed by atoms with E-state index in [-0.39, 0.29) is 49.3 Å². The van der Waals surface area contributed by atoms with Gasteiger partial charge < -0.3 is 37.3 Å². The van der Waals surface area contributed by atoms with Crippen LogP contribution in [0.15, 0.2) is 122 Å². The normalized spacial score (nSPS) is 14.2. The lowest BCUT2D eigenvalue weighted by molar-refractivity contribution is -0.124. The number of hydrogen-bond acceptors (Lipinski definition) is 9. The highest BCUT2D eigenvalue weighted by molar-refractivity contribution is 6.99. The van der Waals surface area contributed by atoms with E-state index in [0.29, 0.717) is 39.1 Å². The number of carbonyl (C=O) groups is 1. The Morgan fingerprint density at radius 1 is 0.623 bits per heavy atom. The molecule has 0 amide bonds. The summed E-state index contributed by atoms with van der Waals surface area (Å²) in [5.74, 6) is 1.67. The predicted molar refractivity (Wildman–Crippen MR) is 291 cm³/mol. The maximum absolute atomic E-state index is 15.1. The van der Waals surface area contributed by atoms with E-state index in [0.717, 1.165) is 57.2 Å². The van der Waals surface area contributed by atoms with Crippen molar-refractivity contribution in [2.45, 2.75) is 160 Å². The van der Waals surface area contributed by atoms with Crippen molar-refractivity contribution in [1.29, 1.82) is 0 Å². The number of ether oxygens (including phenoxy) is 6. The monoisotopic (exact) mass is 999 g/mol. The van der Waals surface area contributed by atoms with E-state index in [1.54, 1.807) is 14.2 Å². The molecule has 0 bridgehead atoms. The van der Waals surface area contributed by atoms with Gasteiger partial charge in [0, 0.05) is 33.9 Å². The standard InChI is InChI=1S/C57H86O9Si3/c1-13-23-51(63-42-46-28-32-49(59-8)33-29-46)40-52(65-68(14-2,15-3)16-4)38-48(58)39-53(66-69(57(5,6)7,55-24-19-17-20-25-55)56-26-21-18-22-27-56)41-54(44-62-45-61-36-37-67(10,11)12)64-43-47-30-34-50(60-9)35-31-47/h13,17-22,24-35,51-54H,1,14-16,23,36-45H2,2-12H3/t51-,52-,53-,54-/m1/s1. The molecule has 4 aromatic carbocycles. The highest BCUT2D eigenvalue weighted by Crippen LogP contribution is 2.39. The second-order valence-electron chi connectivity index (χ2n) is 20.6. The molecule has 0 radical (unpaired) electrons. The lowest BCUT2D eigenvalue weighted by Gasteiger charge is -2.45. The number of rotatable bonds is 34. The Hall–Kier alpha value is -3.70. The molecule has 0 saturated carbocycles. The fourth-order valence-corrected chi connectivity index (χ4v) is 17.3. The molecule has 12 heteroatoms. The number of ketones is 1. The van der Waals surface area contributed by atoms with Crippen molar-refractivity contribution in [2.75, 3.05) is 34.2 Å². The summed E-state index contributed by atoms with van der Waals surface area (Å²) in [6, 6.07) is 41.1. The van der Waals surface area contributed by atoms with Gasteiger partial charge in [0.05, 0.1) is 58.5 Å². The van der Waals surface area contributed by atoms with Gasteiger partial charge in [0.1, 0.15) is 24.1 Å². The van der Waals surface area contributed by atoms with Crippen LogP contribution in [0.25, 0.3) is 0 Å². The molecule has 0 aliphatic heterocycles. The van der Waals surface area contributed by atoms with Crippen molar-refractivity contribution in [3.63, 3.8) is 0 Å². The Balaban J connectivity index is 1.74. The van der Waals surface area contributed by atoms with Crippen LogP contribution in [0.4, 0.5) is 0 Å². The Morgan fingerprint density at radius 2 is 1.09 bits per heavy atom. The minimum atomic E-state index is -3.14. The van der Waals surface area contributed by atoms with Gasteiger partial charge in [-0.25, -0.2) is 0 Å². The molecule has 69 heavy (non-hydrogen) atoms. The SMILES string of the molecule is C=CC[C@H](C[C@@H](CC(=O)C[C@H](C[C@H](COCOCC[Si](C)(C)C)OCc1ccc(OC)cc1)O[Si](c1ccccc1)(c1ccccc1)C(C)(C)C)O[Si](CC)(CC)CC)OCc1ccc(OC)cc1. The van der Waals surface area contributed by atoms with Gasteiger partial charge in [0.25, 0.3) is 8.32 Å². The zero-order valence-electron chi connectivity index (χ0n) is 44.1. The third-order valence-electron chi connectivity index (χ3n) is 13.3. The van der Waals surface area contributed by atoms with Gasteiger partial charge in [-0.3, -0.25) is 4.79 Å². The van der Waals surface area contributed by atoms with Gasteiger partial charge in [-0.15, -0.1) is 6.58 Å². The van der Waals surface area contributed by atoms with Crippen molar-refractivity contribution < 1.29 is 42.1 Å². The van der Waals surface area contributed by atoms with Gasteiger partial charge in [-0.05, 0) is 87.8 Å². The molecule has 0 aliphatic rings. The van der Waals surface area contributed by atoms with Crippen molar-refractivity contribution in [1.82, 2.24) is 0 Å². The van der Waals surface area contributed by atoms with E-state index in [4.69, 9.17) is 37.3 Å². The van der Waals surface area contributed by atoms with E-state index >= 15 is 4.79 Å². The van der Waals surface area contributed by atoms with Gasteiger partial charge in [0.15, 0.2) is 8.32 Å². The minimum Gasteiger partial charge on any atom is -0.497 e. The number of hydrogen-bond donors (Lipinski definition) is 0. The molecule has 9 nitrogen and oxygen atoms in total. The summed E-state index contributed by atoms with van der Waals surface area (Å²) < 4.78 is 51.6. The van der Waals surface area contributed by atoms with Gasteiger partial charge in [-0.1, -0.05) is 152 Å². The molecule has 0 spiro atoms. The van der Waals surface area contributed by atoms with E-state index in [2.05, 4.69) is 128 Å². The highest BCUT2D eigenvalue weighted by atomic mass is 28.4. The maximum Gasteiger partial charge on any atom is 0.261 e. The fourth-order valence-electron chi connectivity index (χ4n) is 8.97. The molecular formula is C57H86O9Si3. The predicted octanol–water partition coefficient (Wildman–Crippen LogP) is 12.5. The van der Waals surface area contributed by atoms with Crippen LogP contribution in [0.3, 0.4) is 0 Å². The summed E-state index contributed by atoms with van der Waals surface area (Å²) >= 11 is 0. The largest absolute Gasteiger partial charge is 0.497 e. The summed E-state index contributed by atoms with van der Waals surface area (Å²) in [6.45, 7) is 26.5. The number of carbonyl (C=O) groups excluding carboxylic acids is 1. The zero-order chi connectivity index (χ0) is 50.3. The summed E-state index contributed by atoms with van der Waals surface area (Å²) in [4.78, 5) is 15.1. The van der Waals surface area contributed by atoms with Crippen LogP contribution >= 0.6 is 0 Å². The molecule has 0 N–H and O–H groups in total. The first kappa shape index (κ1) is 57.9. The molecule has 380 valence electrons. The Kier molecular flexibility index (Phi) is 24.3. The summed E-state index contributed by atoms with van der Waals surface area (Å²) in [7, 11) is -3.24. The van der Waals surface area contributed by atoms with E-state index < -0.39 is 36.9 Å². The molecule has 0 heterocycles. The highest BCUT2D eigenvalue weighted by Gasteiger charge is 2.52. The summed E-state index contributed by atoms with van der Waals surface area (Å²) in [6.07, 6.45) is 2.49. The van der Waals surface area contributed by atoms with Gasteiger partial charge in [0.2, 0.25) is 0 Å². The average molecular weight is 1000 g/mol. The van der Waals surface area contributed by atoms with Crippen LogP contribution in [0, 0.1) is 0 Å². The number of Topliss-reactive ketones (excluding diaryl/α,β-unsaturated/α-hetero) is 1. The smallest absolute Gasteiger partial charge is 0.261 e. The molecule has 0 aromatic heterocycles. The molecule has 0 saturated heterocycles. The molecule has 0 fully saturated rings. The number of methoxy groups -OCH3 is 2. The van der Waals surface area contributed by atoms with Crippen molar-refractivity contribution in [2.24, 2.45) is 0 Å². The summed E-state index contributed by atoms with van der Waals surface area (Å²) in [5.41, 5.74) is 2.05. The molecule has 0 unspecified atom stereocenters. The van der Waals surface area contributed by atoms with Crippen LogP contribution in [0.2, 0.25) is 48.9 Å². The fraction of sp³-hybridized carbons (Fsp3) is 0.526. The van der Waals surface area contributed by atoms with Crippen LogP contribution in [0.5, 0.6) is 11.5 Å². The van der Waals surface area contributed by atoms with E-state index in [9.17, 15) is 0 Å². The first-order valence-electron chi connectivity index (χ1n) is 25.3. The maximum atomic E-state index is 15.1. The first-order valence-corrected chi connectivity index (χ1v) is 33.4. The van der Waals surface area contributed by atoms with Crippen LogP contribution < -0.4 is 19.8 Å². The van der Waals surface area contributed by atoms with E-state index in [1.165, 1.54) is 0 Å². The summed E-state index contributed by atoms with van der Waals surface area (Å²) in [5, 5.41) is 1.98. The second kappa shape index (κ2) is 29.0. The van der Waals surface area contributed by atoms with Crippen molar-refractivity contribution in [3.8, 4) is 11.5 Å². The third kappa shape index (κ3) is 18.8. The minimum absolute atomic E-state index is 0.0890. The molecule has 0 aliphatic carbocycles. The number of benzene rings is 4. The molecule has 4 rings (SSSR count). The van der Waals surface area contributed by atoms with E-state index in [1.807, 2.05) is 54.6 Å². The van der Waals surface area contributed by atoms with Gasteiger partial charge >= 0.3 is 0 Å². The van der Waals surface area contributed by atoms with Crippen molar-refractivity contribution >= 4 is 40.9 Å². The lowest BCUT2D eigenvalue weighted by atomic mass is 9.99. The quantitative estimate of drug-likeness (QED) is 0.0196.